The van der Waals surface area contributed by atoms with E-state index in [0.717, 1.165) is 10.7 Å². The van der Waals surface area contributed by atoms with Crippen LogP contribution in [0.2, 0.25) is 0 Å². The molecule has 1 aliphatic heterocycles. The van der Waals surface area contributed by atoms with Gasteiger partial charge in [-0.1, -0.05) is 0 Å². The summed E-state index contributed by atoms with van der Waals surface area (Å²) in [6.45, 7) is 6.89. The van der Waals surface area contributed by atoms with Crippen LogP contribution in [0.15, 0.2) is 29.6 Å². The van der Waals surface area contributed by atoms with Crippen LogP contribution in [0.5, 0.6) is 5.75 Å². The fourth-order valence-corrected chi connectivity index (χ4v) is 3.60. The summed E-state index contributed by atoms with van der Waals surface area (Å²) >= 11 is 1.57. The zero-order chi connectivity index (χ0) is 20.1. The van der Waals surface area contributed by atoms with Gasteiger partial charge >= 0.3 is 5.97 Å². The number of aromatic nitrogens is 1. The van der Waals surface area contributed by atoms with Gasteiger partial charge in [-0.25, -0.2) is 9.78 Å². The van der Waals surface area contributed by atoms with Gasteiger partial charge in [0.2, 0.25) is 0 Å². The number of thiazole rings is 1. The van der Waals surface area contributed by atoms with Gasteiger partial charge < -0.3 is 19.1 Å². The first-order chi connectivity index (χ1) is 13.4. The van der Waals surface area contributed by atoms with E-state index >= 15 is 0 Å². The van der Waals surface area contributed by atoms with E-state index in [-0.39, 0.29) is 24.7 Å². The van der Waals surface area contributed by atoms with Crippen LogP contribution >= 0.6 is 11.3 Å². The summed E-state index contributed by atoms with van der Waals surface area (Å²) in [7, 11) is 0. The highest BCUT2D eigenvalue weighted by Crippen LogP contribution is 2.16. The SMILES string of the molecule is Cc1nc(COc2ccc(C(=O)OCC(=O)N3C[C@@H](C)O[C@H](C)C3)cc2)cs1. The molecule has 28 heavy (non-hydrogen) atoms. The Morgan fingerprint density at radius 2 is 1.89 bits per heavy atom. The minimum Gasteiger partial charge on any atom is -0.487 e. The summed E-state index contributed by atoms with van der Waals surface area (Å²) < 4.78 is 16.4. The second kappa shape index (κ2) is 9.16. The second-order valence-corrected chi connectivity index (χ2v) is 7.87. The van der Waals surface area contributed by atoms with E-state index in [1.807, 2.05) is 26.2 Å². The molecule has 0 saturated carbocycles. The van der Waals surface area contributed by atoms with Crippen LogP contribution in [0.25, 0.3) is 0 Å². The molecule has 0 unspecified atom stereocenters. The number of morpholine rings is 1. The van der Waals surface area contributed by atoms with Crippen LogP contribution in [0.4, 0.5) is 0 Å². The average Bonchev–Trinajstić information content (AvgIpc) is 3.09. The first kappa shape index (κ1) is 20.3. The van der Waals surface area contributed by atoms with Crippen LogP contribution < -0.4 is 4.74 Å². The van der Waals surface area contributed by atoms with Crippen LogP contribution in [0.3, 0.4) is 0 Å². The molecule has 2 aromatic rings. The number of nitrogens with zero attached hydrogens (tertiary/aromatic N) is 2. The van der Waals surface area contributed by atoms with Crippen molar-refractivity contribution in [3.05, 3.63) is 45.9 Å². The van der Waals surface area contributed by atoms with Gasteiger partial charge in [0.15, 0.2) is 6.61 Å². The minimum absolute atomic E-state index is 0.0239. The Morgan fingerprint density at radius 1 is 1.21 bits per heavy atom. The smallest absolute Gasteiger partial charge is 0.338 e. The van der Waals surface area contributed by atoms with E-state index in [1.165, 1.54) is 0 Å². The summed E-state index contributed by atoms with van der Waals surface area (Å²) in [6, 6.07) is 6.63. The lowest BCUT2D eigenvalue weighted by Crippen LogP contribution is -2.49. The summed E-state index contributed by atoms with van der Waals surface area (Å²) in [4.78, 5) is 30.5. The number of aryl methyl sites for hydroxylation is 1. The molecular formula is C20H24N2O5S. The number of hydrogen-bond donors (Lipinski definition) is 0. The van der Waals surface area contributed by atoms with Crippen molar-refractivity contribution in [3.63, 3.8) is 0 Å². The van der Waals surface area contributed by atoms with Gasteiger partial charge in [-0.3, -0.25) is 4.79 Å². The Hall–Kier alpha value is -2.45. The third-order valence-corrected chi connectivity index (χ3v) is 5.06. The maximum atomic E-state index is 12.3. The maximum Gasteiger partial charge on any atom is 0.338 e. The number of carbonyl (C=O) groups excluding carboxylic acids is 2. The van der Waals surface area contributed by atoms with E-state index in [2.05, 4.69) is 4.98 Å². The predicted molar refractivity (Wildman–Crippen MR) is 104 cm³/mol. The van der Waals surface area contributed by atoms with Gasteiger partial charge in [0, 0.05) is 18.5 Å². The van der Waals surface area contributed by atoms with Crippen molar-refractivity contribution in [3.8, 4) is 5.75 Å². The molecule has 7 nitrogen and oxygen atoms in total. The van der Waals surface area contributed by atoms with E-state index < -0.39 is 5.97 Å². The molecular weight excluding hydrogens is 380 g/mol. The topological polar surface area (TPSA) is 78.0 Å². The molecule has 0 spiro atoms. The molecule has 0 bridgehead atoms. The van der Waals surface area contributed by atoms with Gasteiger partial charge in [-0.05, 0) is 45.0 Å². The molecule has 150 valence electrons. The second-order valence-electron chi connectivity index (χ2n) is 6.80. The lowest BCUT2D eigenvalue weighted by molar-refractivity contribution is -0.146. The number of hydrogen-bond acceptors (Lipinski definition) is 7. The molecule has 0 N–H and O–H groups in total. The molecule has 2 atom stereocenters. The summed E-state index contributed by atoms with van der Waals surface area (Å²) in [5, 5.41) is 2.95. The van der Waals surface area contributed by atoms with Gasteiger partial charge in [-0.2, -0.15) is 0 Å². The highest BCUT2D eigenvalue weighted by molar-refractivity contribution is 7.09. The normalized spacial score (nSPS) is 19.3. The largest absolute Gasteiger partial charge is 0.487 e. The standard InChI is InChI=1S/C20H24N2O5S/c1-13-8-22(9-14(2)27-13)19(23)11-26-20(24)16-4-6-18(7-5-16)25-10-17-12-28-15(3)21-17/h4-7,12-14H,8-11H2,1-3H3/t13-,14-/m1/s1. The Morgan fingerprint density at radius 3 is 2.50 bits per heavy atom. The molecule has 1 saturated heterocycles. The van der Waals surface area contributed by atoms with E-state index in [1.54, 1.807) is 40.5 Å². The highest BCUT2D eigenvalue weighted by Gasteiger charge is 2.26. The molecule has 0 radical (unpaired) electrons. The van der Waals surface area contributed by atoms with Gasteiger partial charge in [0.05, 0.1) is 28.5 Å². The van der Waals surface area contributed by atoms with Crippen molar-refractivity contribution < 1.29 is 23.8 Å². The van der Waals surface area contributed by atoms with Crippen molar-refractivity contribution in [1.29, 1.82) is 0 Å². The molecule has 1 aliphatic rings. The zero-order valence-electron chi connectivity index (χ0n) is 16.2. The van der Waals surface area contributed by atoms with Crippen LogP contribution in [0, 0.1) is 6.92 Å². The fourth-order valence-electron chi connectivity index (χ4n) is 3.00. The average molecular weight is 404 g/mol. The summed E-state index contributed by atoms with van der Waals surface area (Å²) in [5.41, 5.74) is 1.24. The Kier molecular flexibility index (Phi) is 6.64. The fraction of sp³-hybridized carbons (Fsp3) is 0.450. The molecule has 3 rings (SSSR count). The number of rotatable bonds is 6. The van der Waals surface area contributed by atoms with Crippen molar-refractivity contribution in [1.82, 2.24) is 9.88 Å². The van der Waals surface area contributed by atoms with Gasteiger partial charge in [-0.15, -0.1) is 11.3 Å². The van der Waals surface area contributed by atoms with Crippen LogP contribution in [0.1, 0.15) is 34.9 Å². The summed E-state index contributed by atoms with van der Waals surface area (Å²) in [5.74, 6) is -0.118. The van der Waals surface area contributed by atoms with Crippen LogP contribution in [-0.2, 0) is 20.9 Å². The quantitative estimate of drug-likeness (QED) is 0.689. The molecule has 1 amide bonds. The third kappa shape index (κ3) is 5.53. The number of carbonyl (C=O) groups is 2. The van der Waals surface area contributed by atoms with E-state index in [9.17, 15) is 9.59 Å². The number of esters is 1. The first-order valence-electron chi connectivity index (χ1n) is 9.15. The molecule has 0 aliphatic carbocycles. The van der Waals surface area contributed by atoms with Crippen molar-refractivity contribution in [2.75, 3.05) is 19.7 Å². The number of amides is 1. The summed E-state index contributed by atoms with van der Waals surface area (Å²) in [6.07, 6.45) is -0.0479. The highest BCUT2D eigenvalue weighted by atomic mass is 32.1. The van der Waals surface area contributed by atoms with Gasteiger partial charge in [0.25, 0.3) is 5.91 Å². The lowest BCUT2D eigenvalue weighted by atomic mass is 10.2. The maximum absolute atomic E-state index is 12.3. The number of benzene rings is 1. The Bertz CT molecular complexity index is 810. The Balaban J connectivity index is 1.47. The third-order valence-electron chi connectivity index (χ3n) is 4.24. The Labute approximate surface area is 168 Å². The molecule has 1 aromatic carbocycles. The lowest BCUT2D eigenvalue weighted by Gasteiger charge is -2.35. The van der Waals surface area contributed by atoms with E-state index in [4.69, 9.17) is 14.2 Å². The molecule has 8 heteroatoms. The zero-order valence-corrected chi connectivity index (χ0v) is 17.0. The van der Waals surface area contributed by atoms with Gasteiger partial charge in [0.1, 0.15) is 12.4 Å². The molecule has 1 fully saturated rings. The van der Waals surface area contributed by atoms with Crippen LogP contribution in [-0.4, -0.2) is 53.7 Å². The van der Waals surface area contributed by atoms with Crippen molar-refractivity contribution in [2.45, 2.75) is 39.6 Å². The first-order valence-corrected chi connectivity index (χ1v) is 10.0. The predicted octanol–water partition coefficient (Wildman–Crippen LogP) is 2.82. The monoisotopic (exact) mass is 404 g/mol. The minimum atomic E-state index is -0.538. The molecule has 1 aromatic heterocycles. The number of ether oxygens (including phenoxy) is 3. The van der Waals surface area contributed by atoms with E-state index in [0.29, 0.717) is 31.0 Å². The molecule has 2 heterocycles. The van der Waals surface area contributed by atoms with Crippen molar-refractivity contribution in [2.24, 2.45) is 0 Å². The van der Waals surface area contributed by atoms with Crippen molar-refractivity contribution >= 4 is 23.2 Å².